The van der Waals surface area contributed by atoms with E-state index in [1.165, 1.54) is 5.56 Å². The zero-order chi connectivity index (χ0) is 16.5. The summed E-state index contributed by atoms with van der Waals surface area (Å²) in [6.07, 6.45) is 0. The number of carbonyl (C=O) groups excluding carboxylic acids is 1. The lowest BCUT2D eigenvalue weighted by Gasteiger charge is -2.18. The number of oxazole rings is 1. The molecule has 5 heteroatoms. The number of nitrogens with one attached hydrogen (secondary N) is 1. The monoisotopic (exact) mass is 303 g/mol. The number of likely N-dealkylation sites (N-methyl/N-ethyl adjacent to an activating group) is 1. The molecule has 1 unspecified atom stereocenters. The van der Waals surface area contributed by atoms with Crippen molar-refractivity contribution in [3.63, 3.8) is 0 Å². The number of carbonyl (C=O) groups is 1. The molecule has 1 amide bonds. The Hall–Kier alpha value is -1.88. The van der Waals surface area contributed by atoms with Crippen molar-refractivity contribution in [1.82, 2.24) is 15.2 Å². The first-order valence-electron chi connectivity index (χ1n) is 7.52. The van der Waals surface area contributed by atoms with Gasteiger partial charge < -0.3 is 9.73 Å². The second-order valence-corrected chi connectivity index (χ2v) is 6.90. The topological polar surface area (TPSA) is 58.4 Å². The second-order valence-electron chi connectivity index (χ2n) is 6.90. The summed E-state index contributed by atoms with van der Waals surface area (Å²) >= 11 is 0. The van der Waals surface area contributed by atoms with Gasteiger partial charge in [-0.1, -0.05) is 26.8 Å². The summed E-state index contributed by atoms with van der Waals surface area (Å²) in [4.78, 5) is 18.3. The summed E-state index contributed by atoms with van der Waals surface area (Å²) in [7, 11) is 3.75. The molecule has 1 aromatic carbocycles. The van der Waals surface area contributed by atoms with E-state index in [2.05, 4.69) is 37.1 Å². The van der Waals surface area contributed by atoms with Gasteiger partial charge in [0, 0.05) is 0 Å². The van der Waals surface area contributed by atoms with Crippen LogP contribution in [-0.2, 0) is 16.8 Å². The molecule has 2 rings (SSSR count). The summed E-state index contributed by atoms with van der Waals surface area (Å²) in [5, 5.41) is 2.85. The normalized spacial score (nSPS) is 13.6. The summed E-state index contributed by atoms with van der Waals surface area (Å²) in [6, 6.07) is 5.87. The maximum absolute atomic E-state index is 11.9. The molecule has 0 aliphatic carbocycles. The lowest BCUT2D eigenvalue weighted by atomic mass is 9.87. The first kappa shape index (κ1) is 16.5. The van der Waals surface area contributed by atoms with Gasteiger partial charge in [-0.15, -0.1) is 0 Å². The average molecular weight is 303 g/mol. The number of amides is 1. The number of nitrogens with zero attached hydrogens (tertiary/aromatic N) is 2. The van der Waals surface area contributed by atoms with Gasteiger partial charge in [-0.2, -0.15) is 0 Å². The van der Waals surface area contributed by atoms with Gasteiger partial charge in [-0.3, -0.25) is 9.69 Å². The highest BCUT2D eigenvalue weighted by molar-refractivity contribution is 5.81. The largest absolute Gasteiger partial charge is 0.439 e. The minimum Gasteiger partial charge on any atom is -0.439 e. The Balaban J connectivity index is 2.12. The summed E-state index contributed by atoms with van der Waals surface area (Å²) in [5.41, 5.74) is 2.86. The number of aromatic nitrogens is 1. The van der Waals surface area contributed by atoms with Gasteiger partial charge in [0.15, 0.2) is 5.58 Å². The van der Waals surface area contributed by atoms with Gasteiger partial charge in [-0.05, 0) is 44.1 Å². The predicted molar refractivity (Wildman–Crippen MR) is 87.7 cm³/mol. The van der Waals surface area contributed by atoms with Crippen LogP contribution in [0.3, 0.4) is 0 Å². The molecule has 22 heavy (non-hydrogen) atoms. The van der Waals surface area contributed by atoms with Gasteiger partial charge in [-0.25, -0.2) is 4.98 Å². The zero-order valence-electron chi connectivity index (χ0n) is 14.2. The molecule has 1 atom stereocenters. The number of hydrogen-bond donors (Lipinski definition) is 1. The lowest BCUT2D eigenvalue weighted by molar-refractivity contribution is -0.125. The predicted octanol–water partition coefficient (Wildman–Crippen LogP) is 2.69. The first-order valence-corrected chi connectivity index (χ1v) is 7.52. The third-order valence-corrected chi connectivity index (χ3v) is 3.87. The van der Waals surface area contributed by atoms with Crippen LogP contribution in [0.1, 0.15) is 39.1 Å². The third kappa shape index (κ3) is 3.65. The number of rotatable bonds is 4. The second kappa shape index (κ2) is 6.08. The van der Waals surface area contributed by atoms with Crippen LogP contribution in [0.15, 0.2) is 22.6 Å². The van der Waals surface area contributed by atoms with Crippen LogP contribution >= 0.6 is 0 Å². The van der Waals surface area contributed by atoms with Crippen molar-refractivity contribution in [2.75, 3.05) is 14.1 Å². The minimum atomic E-state index is -0.183. The van der Waals surface area contributed by atoms with Crippen molar-refractivity contribution in [1.29, 1.82) is 0 Å². The summed E-state index contributed by atoms with van der Waals surface area (Å²) in [5.74, 6) is 0.489. The van der Waals surface area contributed by atoms with E-state index in [4.69, 9.17) is 4.42 Å². The fraction of sp³-hybridized carbons (Fsp3) is 0.529. The lowest BCUT2D eigenvalue weighted by Crippen LogP contribution is -2.41. The van der Waals surface area contributed by atoms with Gasteiger partial charge in [0.25, 0.3) is 0 Å². The highest BCUT2D eigenvalue weighted by atomic mass is 16.3. The Bertz CT molecular complexity index is 668. The molecule has 0 aliphatic heterocycles. The average Bonchev–Trinajstić information content (AvgIpc) is 2.84. The van der Waals surface area contributed by atoms with E-state index < -0.39 is 0 Å². The molecule has 0 saturated carbocycles. The first-order chi connectivity index (χ1) is 10.2. The SMILES string of the molecule is CC(C(=O)NCc1nc2cc(C(C)(C)C)ccc2o1)N(C)C. The Labute approximate surface area is 131 Å². The molecule has 0 fully saturated rings. The maximum Gasteiger partial charge on any atom is 0.237 e. The van der Waals surface area contributed by atoms with Crippen LogP contribution < -0.4 is 5.32 Å². The third-order valence-electron chi connectivity index (χ3n) is 3.87. The molecule has 1 N–H and O–H groups in total. The van der Waals surface area contributed by atoms with Gasteiger partial charge in [0.1, 0.15) is 5.52 Å². The highest BCUT2D eigenvalue weighted by Crippen LogP contribution is 2.26. The van der Waals surface area contributed by atoms with E-state index in [1.807, 2.05) is 38.1 Å². The van der Waals surface area contributed by atoms with Gasteiger partial charge in [0.2, 0.25) is 11.8 Å². The van der Waals surface area contributed by atoms with Gasteiger partial charge >= 0.3 is 0 Å². The standard InChI is InChI=1S/C17H25N3O2/c1-11(20(5)6)16(21)18-10-15-19-13-9-12(17(2,3)4)7-8-14(13)22-15/h7-9,11H,10H2,1-6H3,(H,18,21). The van der Waals surface area contributed by atoms with Crippen LogP contribution in [0, 0.1) is 0 Å². The molecular formula is C17H25N3O2. The zero-order valence-corrected chi connectivity index (χ0v) is 14.2. The van der Waals surface area contributed by atoms with Crippen LogP contribution in [0.5, 0.6) is 0 Å². The van der Waals surface area contributed by atoms with Crippen LogP contribution in [-0.4, -0.2) is 35.9 Å². The number of benzene rings is 1. The maximum atomic E-state index is 11.9. The molecule has 0 spiro atoms. The van der Waals surface area contributed by atoms with Crippen LogP contribution in [0.25, 0.3) is 11.1 Å². The number of fused-ring (bicyclic) bond motifs is 1. The Morgan fingerprint density at radius 3 is 2.64 bits per heavy atom. The van der Waals surface area contributed by atoms with Crippen molar-refractivity contribution in [3.05, 3.63) is 29.7 Å². The smallest absolute Gasteiger partial charge is 0.237 e. The molecule has 1 heterocycles. The summed E-state index contributed by atoms with van der Waals surface area (Å²) < 4.78 is 5.69. The highest BCUT2D eigenvalue weighted by Gasteiger charge is 2.17. The molecule has 2 aromatic rings. The van der Waals surface area contributed by atoms with Crippen LogP contribution in [0.2, 0.25) is 0 Å². The van der Waals surface area contributed by atoms with E-state index in [1.54, 1.807) is 0 Å². The van der Waals surface area contributed by atoms with Crippen molar-refractivity contribution >= 4 is 17.0 Å². The molecule has 1 aromatic heterocycles. The Morgan fingerprint density at radius 1 is 1.36 bits per heavy atom. The molecule has 5 nitrogen and oxygen atoms in total. The van der Waals surface area contributed by atoms with E-state index >= 15 is 0 Å². The summed E-state index contributed by atoms with van der Waals surface area (Å²) in [6.45, 7) is 8.65. The Morgan fingerprint density at radius 2 is 2.05 bits per heavy atom. The van der Waals surface area contributed by atoms with Crippen molar-refractivity contribution in [2.24, 2.45) is 0 Å². The molecule has 0 aliphatic rings. The molecule has 120 valence electrons. The van der Waals surface area contributed by atoms with E-state index in [0.29, 0.717) is 12.4 Å². The fourth-order valence-corrected chi connectivity index (χ4v) is 2.06. The van der Waals surface area contributed by atoms with Crippen molar-refractivity contribution in [2.45, 2.75) is 45.7 Å². The molecular weight excluding hydrogens is 278 g/mol. The van der Waals surface area contributed by atoms with E-state index in [9.17, 15) is 4.79 Å². The quantitative estimate of drug-likeness (QED) is 0.943. The van der Waals surface area contributed by atoms with Crippen molar-refractivity contribution in [3.8, 4) is 0 Å². The number of hydrogen-bond acceptors (Lipinski definition) is 4. The van der Waals surface area contributed by atoms with Gasteiger partial charge in [0.05, 0.1) is 12.6 Å². The molecule has 0 radical (unpaired) electrons. The van der Waals surface area contributed by atoms with E-state index in [-0.39, 0.29) is 17.4 Å². The minimum absolute atomic E-state index is 0.0392. The van der Waals surface area contributed by atoms with Crippen LogP contribution in [0.4, 0.5) is 0 Å². The van der Waals surface area contributed by atoms with Crippen molar-refractivity contribution < 1.29 is 9.21 Å². The Kier molecular flexibility index (Phi) is 4.56. The fourth-order valence-electron chi connectivity index (χ4n) is 2.06. The van der Waals surface area contributed by atoms with E-state index in [0.717, 1.165) is 11.1 Å². The molecule has 0 saturated heterocycles. The molecule has 0 bridgehead atoms.